The fraction of sp³-hybridized carbons (Fsp3) is 0. The van der Waals surface area contributed by atoms with Crippen LogP contribution in [0, 0.1) is 16.7 Å². The second kappa shape index (κ2) is 5.50. The molecule has 0 amide bonds. The molecule has 1 heterocycles. The average molecular weight is 300 g/mol. The standard InChI is InChI=1S/C14H9N2OSe/c15-9-11(14(16)18)8-12-6-7-13(17-12)10-4-2-1-3-5-10/h1-8,16H. The van der Waals surface area contributed by atoms with Crippen molar-refractivity contribution >= 4 is 26.7 Å². The van der Waals surface area contributed by atoms with E-state index in [0.29, 0.717) is 5.76 Å². The first kappa shape index (κ1) is 12.4. The third-order valence-corrected chi connectivity index (χ3v) is 2.80. The molecule has 0 spiro atoms. The van der Waals surface area contributed by atoms with Crippen LogP contribution in [0.1, 0.15) is 5.76 Å². The monoisotopic (exact) mass is 301 g/mol. The summed E-state index contributed by atoms with van der Waals surface area (Å²) in [5, 5.41) is 16.2. The summed E-state index contributed by atoms with van der Waals surface area (Å²) in [5.41, 5.74) is 1.23. The first-order chi connectivity index (χ1) is 8.70. The molecule has 0 saturated carbocycles. The molecule has 2 aromatic rings. The van der Waals surface area contributed by atoms with Crippen molar-refractivity contribution in [2.45, 2.75) is 0 Å². The molecular weight excluding hydrogens is 291 g/mol. The molecule has 0 atom stereocenters. The fourth-order valence-electron chi connectivity index (χ4n) is 1.48. The molecule has 4 heteroatoms. The molecule has 0 unspecified atom stereocenters. The Kier molecular flexibility index (Phi) is 3.78. The molecule has 0 aliphatic rings. The third-order valence-electron chi connectivity index (χ3n) is 2.34. The minimum atomic E-state index is 0.107. The Morgan fingerprint density at radius 1 is 1.22 bits per heavy atom. The van der Waals surface area contributed by atoms with Crippen LogP contribution in [0.5, 0.6) is 0 Å². The van der Waals surface area contributed by atoms with Crippen LogP contribution >= 0.6 is 0 Å². The summed E-state index contributed by atoms with van der Waals surface area (Å²) in [6.45, 7) is 0. The third kappa shape index (κ3) is 2.78. The molecule has 0 fully saturated rings. The maximum absolute atomic E-state index is 8.86. The summed E-state index contributed by atoms with van der Waals surface area (Å²) in [5.74, 6) is 1.30. The summed E-state index contributed by atoms with van der Waals surface area (Å²) < 4.78 is 5.72. The SMILES string of the molecule is N#CC(=Cc1ccc(-c2ccccc2)o1)C(=N)[Se]. The molecule has 2 rings (SSSR count). The van der Waals surface area contributed by atoms with Crippen molar-refractivity contribution in [2.24, 2.45) is 0 Å². The van der Waals surface area contributed by atoms with E-state index in [2.05, 4.69) is 16.0 Å². The van der Waals surface area contributed by atoms with Gasteiger partial charge in [-0.3, -0.25) is 0 Å². The van der Waals surface area contributed by atoms with E-state index in [9.17, 15) is 0 Å². The van der Waals surface area contributed by atoms with E-state index in [4.69, 9.17) is 15.1 Å². The van der Waals surface area contributed by atoms with Gasteiger partial charge in [-0.1, -0.05) is 0 Å². The Morgan fingerprint density at radius 3 is 2.56 bits per heavy atom. The van der Waals surface area contributed by atoms with Gasteiger partial charge in [0, 0.05) is 0 Å². The van der Waals surface area contributed by atoms with E-state index >= 15 is 0 Å². The fourth-order valence-corrected chi connectivity index (χ4v) is 1.70. The molecule has 3 nitrogen and oxygen atoms in total. The van der Waals surface area contributed by atoms with Crippen LogP contribution in [0.4, 0.5) is 0 Å². The predicted octanol–water partition coefficient (Wildman–Crippen LogP) is 3.00. The molecule has 18 heavy (non-hydrogen) atoms. The van der Waals surface area contributed by atoms with Crippen LogP contribution in [0.3, 0.4) is 0 Å². The van der Waals surface area contributed by atoms with E-state index in [-0.39, 0.29) is 10.2 Å². The molecule has 1 N–H and O–H groups in total. The number of furan rings is 1. The summed E-state index contributed by atoms with van der Waals surface area (Å²) in [4.78, 5) is 0. The van der Waals surface area contributed by atoms with E-state index in [0.717, 1.165) is 11.3 Å². The Bertz CT molecular complexity index is 635. The van der Waals surface area contributed by atoms with Crippen LogP contribution in [-0.2, 0) is 0 Å². The number of rotatable bonds is 3. The molecule has 0 bridgehead atoms. The average Bonchev–Trinajstić information content (AvgIpc) is 2.85. The van der Waals surface area contributed by atoms with Gasteiger partial charge < -0.3 is 0 Å². The van der Waals surface area contributed by atoms with Gasteiger partial charge in [-0.25, -0.2) is 0 Å². The Labute approximate surface area is 113 Å². The van der Waals surface area contributed by atoms with Crippen LogP contribution in [0.15, 0.2) is 52.5 Å². The van der Waals surface area contributed by atoms with Crippen LogP contribution in [0.25, 0.3) is 17.4 Å². The molecule has 0 saturated heterocycles. The molecule has 0 aliphatic carbocycles. The summed E-state index contributed by atoms with van der Waals surface area (Å²) >= 11 is 2.50. The Balaban J connectivity index is 2.33. The van der Waals surface area contributed by atoms with E-state index < -0.39 is 0 Å². The van der Waals surface area contributed by atoms with Crippen LogP contribution in [-0.4, -0.2) is 20.6 Å². The van der Waals surface area contributed by atoms with Gasteiger partial charge in [-0.15, -0.1) is 0 Å². The second-order valence-electron chi connectivity index (χ2n) is 3.57. The quantitative estimate of drug-likeness (QED) is 0.538. The normalized spacial score (nSPS) is 10.9. The Hall–Kier alpha value is -2.08. The number of allylic oxidation sites excluding steroid dienone is 1. The maximum atomic E-state index is 8.86. The molecular formula is C14H9N2OSe. The summed E-state index contributed by atoms with van der Waals surface area (Å²) in [7, 11) is 0. The first-order valence-electron chi connectivity index (χ1n) is 5.23. The topological polar surface area (TPSA) is 60.8 Å². The van der Waals surface area contributed by atoms with Gasteiger partial charge in [0.2, 0.25) is 0 Å². The zero-order chi connectivity index (χ0) is 13.0. The number of nitrogens with one attached hydrogen (secondary N) is 1. The van der Waals surface area contributed by atoms with Crippen molar-refractivity contribution < 1.29 is 4.42 Å². The van der Waals surface area contributed by atoms with Gasteiger partial charge in [0.25, 0.3) is 0 Å². The number of hydrogen-bond donors (Lipinski definition) is 1. The zero-order valence-electron chi connectivity index (χ0n) is 9.38. The van der Waals surface area contributed by atoms with Crippen molar-refractivity contribution in [3.63, 3.8) is 0 Å². The van der Waals surface area contributed by atoms with Crippen molar-refractivity contribution in [3.8, 4) is 17.4 Å². The van der Waals surface area contributed by atoms with Crippen LogP contribution < -0.4 is 0 Å². The van der Waals surface area contributed by atoms with Crippen molar-refractivity contribution in [1.82, 2.24) is 0 Å². The molecule has 1 aromatic carbocycles. The van der Waals surface area contributed by atoms with Crippen molar-refractivity contribution in [1.29, 1.82) is 10.7 Å². The van der Waals surface area contributed by atoms with Gasteiger partial charge in [-0.2, -0.15) is 0 Å². The number of nitrogens with zero attached hydrogens (tertiary/aromatic N) is 1. The number of nitriles is 1. The molecule has 87 valence electrons. The minimum absolute atomic E-state index is 0.107. The van der Waals surface area contributed by atoms with Gasteiger partial charge in [0.1, 0.15) is 0 Å². The molecule has 1 aromatic heterocycles. The van der Waals surface area contributed by atoms with Gasteiger partial charge in [-0.05, 0) is 0 Å². The van der Waals surface area contributed by atoms with Gasteiger partial charge in [0.15, 0.2) is 0 Å². The molecule has 1 radical (unpaired) electrons. The van der Waals surface area contributed by atoms with Gasteiger partial charge >= 0.3 is 113 Å². The van der Waals surface area contributed by atoms with Crippen LogP contribution in [0.2, 0.25) is 0 Å². The Morgan fingerprint density at radius 2 is 1.94 bits per heavy atom. The van der Waals surface area contributed by atoms with E-state index in [1.54, 1.807) is 12.1 Å². The van der Waals surface area contributed by atoms with E-state index in [1.165, 1.54) is 0 Å². The predicted molar refractivity (Wildman–Crippen MR) is 71.2 cm³/mol. The summed E-state index contributed by atoms with van der Waals surface area (Å²) in [6, 6.07) is 15.3. The van der Waals surface area contributed by atoms with Gasteiger partial charge in [0.05, 0.1) is 0 Å². The second-order valence-corrected chi connectivity index (χ2v) is 4.42. The summed E-state index contributed by atoms with van der Waals surface area (Å²) in [6.07, 6.45) is 1.55. The van der Waals surface area contributed by atoms with Crippen molar-refractivity contribution in [3.05, 3.63) is 53.8 Å². The number of benzene rings is 1. The first-order valence-corrected chi connectivity index (χ1v) is 6.09. The van der Waals surface area contributed by atoms with Crippen molar-refractivity contribution in [2.75, 3.05) is 0 Å². The molecule has 0 aliphatic heterocycles. The number of hydrogen-bond acceptors (Lipinski definition) is 3. The van der Waals surface area contributed by atoms with E-state index in [1.807, 2.05) is 42.5 Å². The zero-order valence-corrected chi connectivity index (χ0v) is 11.1.